The number of anilines is 1. The van der Waals surface area contributed by atoms with Crippen LogP contribution in [0.15, 0.2) is 72.2 Å². The van der Waals surface area contributed by atoms with Gasteiger partial charge in [-0.1, -0.05) is 42.8 Å². The summed E-state index contributed by atoms with van der Waals surface area (Å²) in [7, 11) is 0. The first kappa shape index (κ1) is 24.6. The molecule has 1 amide bonds. The van der Waals surface area contributed by atoms with Gasteiger partial charge in [0.1, 0.15) is 0 Å². The Bertz CT molecular complexity index is 1260. The molecule has 3 aromatic carbocycles. The lowest BCUT2D eigenvalue weighted by Crippen LogP contribution is -2.43. The second kappa shape index (κ2) is 10.8. The maximum Gasteiger partial charge on any atom is 0.255 e. The molecule has 2 heterocycles. The van der Waals surface area contributed by atoms with E-state index in [0.717, 1.165) is 22.4 Å². The van der Waals surface area contributed by atoms with E-state index in [2.05, 4.69) is 65.4 Å². The predicted molar refractivity (Wildman–Crippen MR) is 148 cm³/mol. The molecule has 1 aromatic heterocycles. The number of carbonyl (C=O) groups excluding carboxylic acids is 1. The summed E-state index contributed by atoms with van der Waals surface area (Å²) in [4.78, 5) is 20.1. The second-order valence-corrected chi connectivity index (χ2v) is 9.91. The molecule has 1 aliphatic rings. The van der Waals surface area contributed by atoms with Gasteiger partial charge in [0.25, 0.3) is 5.91 Å². The SMILES string of the molecule is Br.CC1CCCC(C)N1Cc1cc(C(=O)Nc2ccc3scnc3c2)ccc1-c1ccccc1. The first-order valence-electron chi connectivity index (χ1n) is 11.7. The van der Waals surface area contributed by atoms with Crippen molar-refractivity contribution < 1.29 is 4.79 Å². The Kier molecular flexibility index (Phi) is 7.81. The van der Waals surface area contributed by atoms with E-state index in [4.69, 9.17) is 0 Å². The van der Waals surface area contributed by atoms with Gasteiger partial charge in [0.15, 0.2) is 0 Å². The number of thiazole rings is 1. The number of aromatic nitrogens is 1. The van der Waals surface area contributed by atoms with Crippen LogP contribution >= 0.6 is 28.3 Å². The lowest BCUT2D eigenvalue weighted by Gasteiger charge is -2.39. The zero-order valence-corrected chi connectivity index (χ0v) is 22.1. The molecule has 0 spiro atoms. The van der Waals surface area contributed by atoms with Crippen molar-refractivity contribution in [1.29, 1.82) is 0 Å². The van der Waals surface area contributed by atoms with Crippen molar-refractivity contribution in [3.05, 3.63) is 83.4 Å². The Morgan fingerprint density at radius 2 is 1.79 bits per heavy atom. The van der Waals surface area contributed by atoms with Crippen LogP contribution < -0.4 is 5.32 Å². The zero-order valence-electron chi connectivity index (χ0n) is 19.5. The Hall–Kier alpha value is -2.54. The maximum atomic E-state index is 13.2. The lowest BCUT2D eigenvalue weighted by atomic mass is 9.93. The molecule has 4 nitrogen and oxygen atoms in total. The number of likely N-dealkylation sites (tertiary alicyclic amines) is 1. The maximum absolute atomic E-state index is 13.2. The Balaban J connectivity index is 0.00000274. The zero-order chi connectivity index (χ0) is 22.8. The van der Waals surface area contributed by atoms with Gasteiger partial charge in [0, 0.05) is 29.9 Å². The number of piperidine rings is 1. The second-order valence-electron chi connectivity index (χ2n) is 9.03. The van der Waals surface area contributed by atoms with Gasteiger partial charge in [-0.15, -0.1) is 28.3 Å². The smallest absolute Gasteiger partial charge is 0.255 e. The number of halogens is 1. The van der Waals surface area contributed by atoms with Crippen LogP contribution in [0.5, 0.6) is 0 Å². The fraction of sp³-hybridized carbons (Fsp3) is 0.286. The van der Waals surface area contributed by atoms with Gasteiger partial charge < -0.3 is 5.32 Å². The minimum absolute atomic E-state index is 0. The molecule has 1 fully saturated rings. The molecule has 4 aromatic rings. The Labute approximate surface area is 215 Å². The summed E-state index contributed by atoms with van der Waals surface area (Å²) in [5.74, 6) is -0.0924. The molecule has 2 atom stereocenters. The van der Waals surface area contributed by atoms with E-state index in [9.17, 15) is 4.79 Å². The van der Waals surface area contributed by atoms with E-state index >= 15 is 0 Å². The molecule has 1 saturated heterocycles. The molecule has 0 saturated carbocycles. The summed E-state index contributed by atoms with van der Waals surface area (Å²) in [5.41, 5.74) is 7.76. The van der Waals surface area contributed by atoms with Crippen LogP contribution in [0.2, 0.25) is 0 Å². The number of amides is 1. The number of rotatable bonds is 5. The number of benzene rings is 3. The summed E-state index contributed by atoms with van der Waals surface area (Å²) < 4.78 is 1.12. The lowest BCUT2D eigenvalue weighted by molar-refractivity contribution is 0.0953. The number of hydrogen-bond donors (Lipinski definition) is 1. The van der Waals surface area contributed by atoms with Crippen molar-refractivity contribution in [2.75, 3.05) is 5.32 Å². The third-order valence-corrected chi connectivity index (χ3v) is 7.58. The fourth-order valence-corrected chi connectivity index (χ4v) is 5.55. The first-order chi connectivity index (χ1) is 16.1. The van der Waals surface area contributed by atoms with E-state index < -0.39 is 0 Å². The normalized spacial score (nSPS) is 18.4. The number of nitrogens with zero attached hydrogens (tertiary/aromatic N) is 2. The van der Waals surface area contributed by atoms with Crippen molar-refractivity contribution >= 4 is 50.1 Å². The van der Waals surface area contributed by atoms with Gasteiger partial charge >= 0.3 is 0 Å². The average molecular weight is 537 g/mol. The van der Waals surface area contributed by atoms with Crippen LogP contribution in [-0.4, -0.2) is 27.9 Å². The van der Waals surface area contributed by atoms with Crippen molar-refractivity contribution in [2.45, 2.75) is 51.7 Å². The molecule has 5 rings (SSSR count). The van der Waals surface area contributed by atoms with Gasteiger partial charge in [-0.3, -0.25) is 9.69 Å². The number of carbonyl (C=O) groups is 1. The molecular formula is C28H30BrN3OS. The van der Waals surface area contributed by atoms with Gasteiger partial charge in [-0.25, -0.2) is 4.98 Å². The fourth-order valence-electron chi connectivity index (χ4n) is 4.89. The Morgan fingerprint density at radius 3 is 2.56 bits per heavy atom. The van der Waals surface area contributed by atoms with Crippen molar-refractivity contribution in [2.24, 2.45) is 0 Å². The molecule has 34 heavy (non-hydrogen) atoms. The topological polar surface area (TPSA) is 45.2 Å². The molecule has 1 aliphatic heterocycles. The van der Waals surface area contributed by atoms with E-state index in [1.165, 1.54) is 36.0 Å². The van der Waals surface area contributed by atoms with E-state index in [0.29, 0.717) is 17.6 Å². The number of fused-ring (bicyclic) bond motifs is 1. The van der Waals surface area contributed by atoms with Crippen LogP contribution in [0.3, 0.4) is 0 Å². The van der Waals surface area contributed by atoms with Crippen LogP contribution in [0.1, 0.15) is 49.0 Å². The largest absolute Gasteiger partial charge is 0.322 e. The number of hydrogen-bond acceptors (Lipinski definition) is 4. The summed E-state index contributed by atoms with van der Waals surface area (Å²) in [6.45, 7) is 5.49. The molecule has 176 valence electrons. The third kappa shape index (κ3) is 5.24. The van der Waals surface area contributed by atoms with Crippen molar-refractivity contribution in [3.63, 3.8) is 0 Å². The highest BCUT2D eigenvalue weighted by atomic mass is 79.9. The third-order valence-electron chi connectivity index (χ3n) is 6.77. The molecule has 6 heteroatoms. The molecular weight excluding hydrogens is 506 g/mol. The number of nitrogens with one attached hydrogen (secondary N) is 1. The highest BCUT2D eigenvalue weighted by Crippen LogP contribution is 2.31. The molecule has 2 unspecified atom stereocenters. The van der Waals surface area contributed by atoms with Crippen LogP contribution in [-0.2, 0) is 6.54 Å². The van der Waals surface area contributed by atoms with Gasteiger partial charge in [0.05, 0.1) is 15.7 Å². The summed E-state index contributed by atoms with van der Waals surface area (Å²) in [6, 6.07) is 23.5. The summed E-state index contributed by atoms with van der Waals surface area (Å²) in [6.07, 6.45) is 3.74. The minimum atomic E-state index is -0.0924. The van der Waals surface area contributed by atoms with Crippen LogP contribution in [0.4, 0.5) is 5.69 Å². The summed E-state index contributed by atoms with van der Waals surface area (Å²) in [5, 5.41) is 3.06. The summed E-state index contributed by atoms with van der Waals surface area (Å²) >= 11 is 1.60. The van der Waals surface area contributed by atoms with Gasteiger partial charge in [-0.05, 0) is 73.7 Å². The van der Waals surface area contributed by atoms with Crippen molar-refractivity contribution in [3.8, 4) is 11.1 Å². The standard InChI is InChI=1S/C28H29N3OS.BrH/c1-19-7-6-8-20(2)31(19)17-23-15-22(11-13-25(23)21-9-4-3-5-10-21)28(32)30-24-12-14-27-26(16-24)29-18-33-27;/h3-5,9-16,18-20H,6-8,17H2,1-2H3,(H,30,32);1H. The van der Waals surface area contributed by atoms with E-state index in [1.807, 2.05) is 35.8 Å². The van der Waals surface area contributed by atoms with E-state index in [-0.39, 0.29) is 22.9 Å². The predicted octanol–water partition coefficient (Wildman–Crippen LogP) is 7.56. The molecule has 0 bridgehead atoms. The quantitative estimate of drug-likeness (QED) is 0.286. The molecule has 1 N–H and O–H groups in total. The highest BCUT2D eigenvalue weighted by molar-refractivity contribution is 8.93. The van der Waals surface area contributed by atoms with E-state index in [1.54, 1.807) is 11.3 Å². The van der Waals surface area contributed by atoms with Crippen LogP contribution in [0, 0.1) is 0 Å². The molecule has 0 radical (unpaired) electrons. The molecule has 0 aliphatic carbocycles. The average Bonchev–Trinajstić information content (AvgIpc) is 3.30. The van der Waals surface area contributed by atoms with Gasteiger partial charge in [-0.2, -0.15) is 0 Å². The van der Waals surface area contributed by atoms with Gasteiger partial charge in [0.2, 0.25) is 0 Å². The first-order valence-corrected chi connectivity index (χ1v) is 12.5. The monoisotopic (exact) mass is 535 g/mol. The van der Waals surface area contributed by atoms with Crippen molar-refractivity contribution in [1.82, 2.24) is 9.88 Å². The Morgan fingerprint density at radius 1 is 1.03 bits per heavy atom. The highest BCUT2D eigenvalue weighted by Gasteiger charge is 2.26. The van der Waals surface area contributed by atoms with Crippen LogP contribution in [0.25, 0.3) is 21.3 Å². The minimum Gasteiger partial charge on any atom is -0.322 e.